The van der Waals surface area contributed by atoms with Gasteiger partial charge in [0.1, 0.15) is 0 Å². The summed E-state index contributed by atoms with van der Waals surface area (Å²) < 4.78 is 0. The quantitative estimate of drug-likeness (QED) is 0.377. The summed E-state index contributed by atoms with van der Waals surface area (Å²) in [5.41, 5.74) is 0. The molecule has 134 valence electrons. The second-order valence-electron chi connectivity index (χ2n) is 6.83. The standard InChI is InChI=1S/C17H34N4OS/c22-17(7-14-23)20-10-13-21(11-8-18-15-3-1-4-15)12-9-19-16-5-2-6-16/h15-16,18-19,23H,1-14H2,(H,20,22). The largest absolute Gasteiger partial charge is 0.355 e. The molecule has 0 bridgehead atoms. The molecule has 0 aromatic rings. The van der Waals surface area contributed by atoms with E-state index < -0.39 is 0 Å². The molecule has 23 heavy (non-hydrogen) atoms. The van der Waals surface area contributed by atoms with E-state index in [0.29, 0.717) is 12.2 Å². The monoisotopic (exact) mass is 342 g/mol. The van der Waals surface area contributed by atoms with Gasteiger partial charge in [-0.1, -0.05) is 12.8 Å². The van der Waals surface area contributed by atoms with Gasteiger partial charge in [0.15, 0.2) is 0 Å². The van der Waals surface area contributed by atoms with Crippen LogP contribution in [-0.4, -0.2) is 67.9 Å². The van der Waals surface area contributed by atoms with Gasteiger partial charge in [0.25, 0.3) is 0 Å². The second-order valence-corrected chi connectivity index (χ2v) is 7.28. The third-order valence-electron chi connectivity index (χ3n) is 5.02. The SMILES string of the molecule is O=C(CCS)NCCN(CCNC1CCC1)CCNC1CCC1. The summed E-state index contributed by atoms with van der Waals surface area (Å²) in [7, 11) is 0. The molecule has 0 aromatic carbocycles. The molecule has 2 aliphatic carbocycles. The van der Waals surface area contributed by atoms with E-state index in [4.69, 9.17) is 0 Å². The second kappa shape index (κ2) is 11.3. The summed E-state index contributed by atoms with van der Waals surface area (Å²) in [6.07, 6.45) is 8.61. The summed E-state index contributed by atoms with van der Waals surface area (Å²) in [6.45, 7) is 5.89. The van der Waals surface area contributed by atoms with Gasteiger partial charge in [-0.2, -0.15) is 12.6 Å². The molecule has 2 fully saturated rings. The Labute approximate surface area is 146 Å². The smallest absolute Gasteiger partial charge is 0.220 e. The number of carbonyl (C=O) groups excluding carboxylic acids is 1. The first-order chi connectivity index (χ1) is 11.3. The average molecular weight is 343 g/mol. The molecule has 0 saturated heterocycles. The molecule has 0 aromatic heterocycles. The van der Waals surface area contributed by atoms with Gasteiger partial charge in [-0.15, -0.1) is 0 Å². The van der Waals surface area contributed by atoms with Crippen LogP contribution in [0, 0.1) is 0 Å². The predicted molar refractivity (Wildman–Crippen MR) is 99.2 cm³/mol. The number of nitrogens with zero attached hydrogens (tertiary/aromatic N) is 1. The highest BCUT2D eigenvalue weighted by atomic mass is 32.1. The minimum absolute atomic E-state index is 0.111. The lowest BCUT2D eigenvalue weighted by Gasteiger charge is -2.30. The fraction of sp³-hybridized carbons (Fsp3) is 0.941. The van der Waals surface area contributed by atoms with Crippen molar-refractivity contribution in [3.8, 4) is 0 Å². The number of rotatable bonds is 13. The highest BCUT2D eigenvalue weighted by Gasteiger charge is 2.18. The molecule has 3 N–H and O–H groups in total. The van der Waals surface area contributed by atoms with Crippen LogP contribution in [0.5, 0.6) is 0 Å². The predicted octanol–water partition coefficient (Wildman–Crippen LogP) is 1.01. The van der Waals surface area contributed by atoms with E-state index in [0.717, 1.165) is 51.4 Å². The highest BCUT2D eigenvalue weighted by Crippen LogP contribution is 2.18. The van der Waals surface area contributed by atoms with Gasteiger partial charge >= 0.3 is 0 Å². The number of hydrogen-bond donors (Lipinski definition) is 4. The van der Waals surface area contributed by atoms with Crippen molar-refractivity contribution in [3.05, 3.63) is 0 Å². The Bertz CT molecular complexity index is 315. The van der Waals surface area contributed by atoms with Crippen LogP contribution in [0.3, 0.4) is 0 Å². The Balaban J connectivity index is 1.58. The zero-order valence-corrected chi connectivity index (χ0v) is 15.3. The molecule has 0 unspecified atom stereocenters. The molecule has 6 heteroatoms. The van der Waals surface area contributed by atoms with Crippen LogP contribution < -0.4 is 16.0 Å². The lowest BCUT2D eigenvalue weighted by atomic mass is 9.93. The van der Waals surface area contributed by atoms with E-state index in [-0.39, 0.29) is 5.91 Å². The number of hydrogen-bond acceptors (Lipinski definition) is 5. The number of thiol groups is 1. The normalized spacial score (nSPS) is 18.7. The zero-order chi connectivity index (χ0) is 16.3. The Morgan fingerprint density at radius 2 is 1.43 bits per heavy atom. The third kappa shape index (κ3) is 7.88. The van der Waals surface area contributed by atoms with Crippen molar-refractivity contribution in [2.45, 2.75) is 57.0 Å². The molecule has 0 heterocycles. The fourth-order valence-electron chi connectivity index (χ4n) is 2.96. The Morgan fingerprint density at radius 3 is 1.87 bits per heavy atom. The minimum Gasteiger partial charge on any atom is -0.355 e. The molecule has 2 aliphatic rings. The maximum Gasteiger partial charge on any atom is 0.220 e. The zero-order valence-electron chi connectivity index (χ0n) is 14.4. The van der Waals surface area contributed by atoms with Gasteiger partial charge in [0.2, 0.25) is 5.91 Å². The number of carbonyl (C=O) groups is 1. The van der Waals surface area contributed by atoms with Gasteiger partial charge in [0.05, 0.1) is 0 Å². The van der Waals surface area contributed by atoms with E-state index in [9.17, 15) is 4.79 Å². The first-order valence-electron chi connectivity index (χ1n) is 9.34. The van der Waals surface area contributed by atoms with Gasteiger partial charge < -0.3 is 16.0 Å². The van der Waals surface area contributed by atoms with Gasteiger partial charge in [0, 0.05) is 57.8 Å². The van der Waals surface area contributed by atoms with Crippen LogP contribution in [0.2, 0.25) is 0 Å². The van der Waals surface area contributed by atoms with Crippen molar-refractivity contribution in [1.29, 1.82) is 0 Å². The maximum absolute atomic E-state index is 11.5. The van der Waals surface area contributed by atoms with E-state index in [1.54, 1.807) is 0 Å². The Hall–Kier alpha value is -0.300. The molecule has 1 amide bonds. The van der Waals surface area contributed by atoms with E-state index >= 15 is 0 Å². The maximum atomic E-state index is 11.5. The van der Waals surface area contributed by atoms with Crippen molar-refractivity contribution < 1.29 is 4.79 Å². The summed E-state index contributed by atoms with van der Waals surface area (Å²) in [4.78, 5) is 14.0. The van der Waals surface area contributed by atoms with Gasteiger partial charge in [-0.3, -0.25) is 9.69 Å². The summed E-state index contributed by atoms with van der Waals surface area (Å²) in [5, 5.41) is 10.2. The number of amides is 1. The Kier molecular flexibility index (Phi) is 9.34. The molecule has 5 nitrogen and oxygen atoms in total. The van der Waals surface area contributed by atoms with Crippen LogP contribution in [0.1, 0.15) is 44.9 Å². The minimum atomic E-state index is 0.111. The topological polar surface area (TPSA) is 56.4 Å². The fourth-order valence-corrected chi connectivity index (χ4v) is 3.16. The molecule has 0 aliphatic heterocycles. The van der Waals surface area contributed by atoms with E-state index in [1.165, 1.54) is 38.5 Å². The van der Waals surface area contributed by atoms with Crippen LogP contribution in [0.25, 0.3) is 0 Å². The van der Waals surface area contributed by atoms with E-state index in [1.807, 2.05) is 0 Å². The van der Waals surface area contributed by atoms with Crippen molar-refractivity contribution in [2.24, 2.45) is 0 Å². The average Bonchev–Trinajstić information content (AvgIpc) is 2.43. The molecule has 2 rings (SSSR count). The summed E-state index contributed by atoms with van der Waals surface area (Å²) in [6, 6.07) is 1.50. The highest BCUT2D eigenvalue weighted by molar-refractivity contribution is 7.80. The van der Waals surface area contributed by atoms with Crippen LogP contribution in [0.4, 0.5) is 0 Å². The van der Waals surface area contributed by atoms with Crippen LogP contribution in [-0.2, 0) is 4.79 Å². The van der Waals surface area contributed by atoms with Crippen molar-refractivity contribution >= 4 is 18.5 Å². The molecule has 2 saturated carbocycles. The van der Waals surface area contributed by atoms with Crippen molar-refractivity contribution in [3.63, 3.8) is 0 Å². The third-order valence-corrected chi connectivity index (χ3v) is 5.25. The molecular formula is C17H34N4OS. The lowest BCUT2D eigenvalue weighted by molar-refractivity contribution is -0.120. The first kappa shape index (κ1) is 19.0. The molecule has 0 radical (unpaired) electrons. The molecule has 0 atom stereocenters. The summed E-state index contributed by atoms with van der Waals surface area (Å²) >= 11 is 4.09. The van der Waals surface area contributed by atoms with Gasteiger partial charge in [-0.05, 0) is 31.4 Å². The number of nitrogens with one attached hydrogen (secondary N) is 3. The van der Waals surface area contributed by atoms with Crippen LogP contribution >= 0.6 is 12.6 Å². The summed E-state index contributed by atoms with van der Waals surface area (Å²) in [5.74, 6) is 0.728. The van der Waals surface area contributed by atoms with Crippen LogP contribution in [0.15, 0.2) is 0 Å². The first-order valence-corrected chi connectivity index (χ1v) is 9.98. The van der Waals surface area contributed by atoms with E-state index in [2.05, 4.69) is 33.5 Å². The van der Waals surface area contributed by atoms with Crippen molar-refractivity contribution in [2.75, 3.05) is 45.0 Å². The van der Waals surface area contributed by atoms with Gasteiger partial charge in [-0.25, -0.2) is 0 Å². The molecule has 0 spiro atoms. The molecular weight excluding hydrogens is 308 g/mol. The van der Waals surface area contributed by atoms with Crippen molar-refractivity contribution in [1.82, 2.24) is 20.9 Å². The Morgan fingerprint density at radius 1 is 0.913 bits per heavy atom. The lowest BCUT2D eigenvalue weighted by Crippen LogP contribution is -2.46.